The molecule has 0 atom stereocenters. The normalized spacial score (nSPS) is 11.5. The average Bonchev–Trinajstić information content (AvgIpc) is 2.80. The Morgan fingerprint density at radius 2 is 1.56 bits per heavy atom. The van der Waals surface area contributed by atoms with Gasteiger partial charge in [-0.15, -0.1) is 11.8 Å². The van der Waals surface area contributed by atoms with Gasteiger partial charge in [-0.3, -0.25) is 0 Å². The van der Waals surface area contributed by atoms with E-state index in [1.165, 1.54) is 0 Å². The molecule has 0 aliphatic rings. The highest BCUT2D eigenvalue weighted by molar-refractivity contribution is 7.98. The second kappa shape index (κ2) is 9.05. The molecule has 7 nitrogen and oxygen atoms in total. The minimum absolute atomic E-state index is 0.151. The van der Waals surface area contributed by atoms with Crippen LogP contribution >= 0.6 is 11.8 Å². The molecule has 164 valence electrons. The zero-order chi connectivity index (χ0) is 22.7. The first-order valence-corrected chi connectivity index (χ1v) is 12.6. The number of rotatable bonds is 7. The van der Waals surface area contributed by atoms with Crippen molar-refractivity contribution in [2.45, 2.75) is 21.1 Å². The standard InChI is InChI=1S/C23H23N5O2S2/c1-31-17-5-9-19(10-6-17)32(29,30)18-7-2-15(3-8-18)12-13-26-16-4-11-21-20(14-16)22(24)28-23(25)27-21/h2-11,14,26H,12-13H2,1H3,(H4,24,25,27,28). The fourth-order valence-corrected chi connectivity index (χ4v) is 5.03. The summed E-state index contributed by atoms with van der Waals surface area (Å²) in [5, 5.41) is 4.09. The highest BCUT2D eigenvalue weighted by Gasteiger charge is 2.17. The molecule has 0 spiro atoms. The number of nitrogen functional groups attached to an aromatic ring is 2. The lowest BCUT2D eigenvalue weighted by Crippen LogP contribution is -2.06. The largest absolute Gasteiger partial charge is 0.385 e. The number of hydrogen-bond acceptors (Lipinski definition) is 8. The molecule has 1 heterocycles. The van der Waals surface area contributed by atoms with Gasteiger partial charge in [0.25, 0.3) is 0 Å². The van der Waals surface area contributed by atoms with Crippen molar-refractivity contribution in [3.05, 3.63) is 72.3 Å². The van der Waals surface area contributed by atoms with Crippen molar-refractivity contribution in [3.8, 4) is 0 Å². The Morgan fingerprint density at radius 3 is 2.22 bits per heavy atom. The number of thioether (sulfide) groups is 1. The zero-order valence-electron chi connectivity index (χ0n) is 17.4. The topological polar surface area (TPSA) is 124 Å². The smallest absolute Gasteiger partial charge is 0.222 e. The van der Waals surface area contributed by atoms with E-state index in [0.717, 1.165) is 28.0 Å². The van der Waals surface area contributed by atoms with E-state index in [-0.39, 0.29) is 10.8 Å². The van der Waals surface area contributed by atoms with Crippen LogP contribution in [0, 0.1) is 0 Å². The van der Waals surface area contributed by atoms with Crippen molar-refractivity contribution >= 4 is 50.0 Å². The van der Waals surface area contributed by atoms with Crippen LogP contribution in [0.25, 0.3) is 10.9 Å². The molecule has 0 saturated carbocycles. The molecule has 0 bridgehead atoms. The third kappa shape index (κ3) is 4.63. The third-order valence-corrected chi connectivity index (χ3v) is 7.62. The van der Waals surface area contributed by atoms with E-state index in [2.05, 4.69) is 15.3 Å². The first-order chi connectivity index (χ1) is 15.4. The SMILES string of the molecule is CSc1ccc(S(=O)(=O)c2ccc(CCNc3ccc4nc(N)nc(N)c4c3)cc2)cc1. The lowest BCUT2D eigenvalue weighted by molar-refractivity contribution is 0.596. The number of nitrogens with two attached hydrogens (primary N) is 2. The second-order valence-corrected chi connectivity index (χ2v) is 10.0. The number of sulfone groups is 1. The first kappa shape index (κ1) is 21.9. The quantitative estimate of drug-likeness (QED) is 0.350. The molecular weight excluding hydrogens is 442 g/mol. The second-order valence-electron chi connectivity index (χ2n) is 7.20. The maximum atomic E-state index is 12.9. The Hall–Kier alpha value is -3.30. The lowest BCUT2D eigenvalue weighted by atomic mass is 10.1. The van der Waals surface area contributed by atoms with Gasteiger partial charge in [0.15, 0.2) is 0 Å². The van der Waals surface area contributed by atoms with Crippen molar-refractivity contribution in [3.63, 3.8) is 0 Å². The average molecular weight is 466 g/mol. The van der Waals surface area contributed by atoms with Gasteiger partial charge in [0.05, 0.1) is 15.3 Å². The Labute approximate surface area is 191 Å². The number of nitrogens with one attached hydrogen (secondary N) is 1. The molecule has 0 saturated heterocycles. The van der Waals surface area contributed by atoms with Gasteiger partial charge in [-0.1, -0.05) is 12.1 Å². The van der Waals surface area contributed by atoms with E-state index in [1.54, 1.807) is 36.0 Å². The van der Waals surface area contributed by atoms with Crippen LogP contribution in [0.2, 0.25) is 0 Å². The summed E-state index contributed by atoms with van der Waals surface area (Å²) in [5.41, 5.74) is 14.2. The van der Waals surface area contributed by atoms with Crippen LogP contribution in [-0.2, 0) is 16.3 Å². The molecule has 0 unspecified atom stereocenters. The van der Waals surface area contributed by atoms with E-state index >= 15 is 0 Å². The summed E-state index contributed by atoms with van der Waals surface area (Å²) in [6, 6.07) is 19.6. The molecular formula is C23H23N5O2S2. The summed E-state index contributed by atoms with van der Waals surface area (Å²) in [5.74, 6) is 0.495. The molecule has 3 aromatic carbocycles. The van der Waals surface area contributed by atoms with E-state index in [4.69, 9.17) is 11.5 Å². The predicted molar refractivity (Wildman–Crippen MR) is 131 cm³/mol. The minimum atomic E-state index is -3.53. The minimum Gasteiger partial charge on any atom is -0.385 e. The van der Waals surface area contributed by atoms with Gasteiger partial charge in [-0.05, 0) is 72.8 Å². The fourth-order valence-electron chi connectivity index (χ4n) is 3.36. The molecule has 0 radical (unpaired) electrons. The van der Waals surface area contributed by atoms with Crippen molar-refractivity contribution in [1.82, 2.24) is 9.97 Å². The predicted octanol–water partition coefficient (Wildman–Crippen LogP) is 4.00. The first-order valence-electron chi connectivity index (χ1n) is 9.91. The Morgan fingerprint density at radius 1 is 0.906 bits per heavy atom. The van der Waals surface area contributed by atoms with Crippen molar-refractivity contribution in [1.29, 1.82) is 0 Å². The fraction of sp³-hybridized carbons (Fsp3) is 0.130. The van der Waals surface area contributed by atoms with E-state index < -0.39 is 9.84 Å². The van der Waals surface area contributed by atoms with Gasteiger partial charge in [0, 0.05) is 22.5 Å². The summed E-state index contributed by atoms with van der Waals surface area (Å²) in [6.07, 6.45) is 2.69. The van der Waals surface area contributed by atoms with Crippen LogP contribution in [0.3, 0.4) is 0 Å². The zero-order valence-corrected chi connectivity index (χ0v) is 19.1. The van der Waals surface area contributed by atoms with E-state index in [0.29, 0.717) is 22.8 Å². The maximum Gasteiger partial charge on any atom is 0.222 e. The third-order valence-electron chi connectivity index (χ3n) is 5.09. The molecule has 0 amide bonds. The molecule has 4 aromatic rings. The van der Waals surface area contributed by atoms with Gasteiger partial charge >= 0.3 is 0 Å². The molecule has 0 fully saturated rings. The molecule has 5 N–H and O–H groups in total. The summed E-state index contributed by atoms with van der Waals surface area (Å²) in [4.78, 5) is 9.78. The van der Waals surface area contributed by atoms with Crippen LogP contribution in [0.1, 0.15) is 5.56 Å². The molecule has 0 aliphatic heterocycles. The van der Waals surface area contributed by atoms with Crippen LogP contribution in [-0.4, -0.2) is 31.2 Å². The number of hydrogen-bond donors (Lipinski definition) is 3. The number of aromatic nitrogens is 2. The van der Waals surface area contributed by atoms with Gasteiger partial charge in [0.2, 0.25) is 15.8 Å². The number of fused-ring (bicyclic) bond motifs is 1. The highest BCUT2D eigenvalue weighted by Crippen LogP contribution is 2.25. The number of nitrogens with zero attached hydrogens (tertiary/aromatic N) is 2. The van der Waals surface area contributed by atoms with Gasteiger partial charge < -0.3 is 16.8 Å². The van der Waals surface area contributed by atoms with E-state index in [9.17, 15) is 8.42 Å². The maximum absolute atomic E-state index is 12.9. The van der Waals surface area contributed by atoms with Gasteiger partial charge in [-0.2, -0.15) is 4.98 Å². The van der Waals surface area contributed by atoms with Crippen molar-refractivity contribution in [2.24, 2.45) is 0 Å². The summed E-state index contributed by atoms with van der Waals surface area (Å²) < 4.78 is 25.7. The van der Waals surface area contributed by atoms with Crippen LogP contribution in [0.5, 0.6) is 0 Å². The van der Waals surface area contributed by atoms with Crippen molar-refractivity contribution < 1.29 is 8.42 Å². The number of anilines is 3. The molecule has 1 aromatic heterocycles. The van der Waals surface area contributed by atoms with Crippen LogP contribution in [0.4, 0.5) is 17.5 Å². The molecule has 32 heavy (non-hydrogen) atoms. The Kier molecular flexibility index (Phi) is 6.20. The van der Waals surface area contributed by atoms with Crippen LogP contribution < -0.4 is 16.8 Å². The molecule has 4 rings (SSSR count). The molecule has 9 heteroatoms. The van der Waals surface area contributed by atoms with Crippen molar-refractivity contribution in [2.75, 3.05) is 29.6 Å². The van der Waals surface area contributed by atoms with Crippen LogP contribution in [0.15, 0.2) is 81.4 Å². The molecule has 0 aliphatic carbocycles. The monoisotopic (exact) mass is 465 g/mol. The Bertz CT molecular complexity index is 1360. The Balaban J connectivity index is 1.41. The highest BCUT2D eigenvalue weighted by atomic mass is 32.2. The summed E-state index contributed by atoms with van der Waals surface area (Å²) in [6.45, 7) is 0.670. The number of benzene rings is 3. The van der Waals surface area contributed by atoms with Gasteiger partial charge in [0.1, 0.15) is 5.82 Å². The summed E-state index contributed by atoms with van der Waals surface area (Å²) in [7, 11) is -3.53. The van der Waals surface area contributed by atoms with E-state index in [1.807, 2.05) is 48.7 Å². The summed E-state index contributed by atoms with van der Waals surface area (Å²) >= 11 is 1.58. The van der Waals surface area contributed by atoms with Gasteiger partial charge in [-0.25, -0.2) is 13.4 Å². The lowest BCUT2D eigenvalue weighted by Gasteiger charge is -2.10.